The molecule has 1 amide bonds. The van der Waals surface area contributed by atoms with E-state index in [2.05, 4.69) is 15.6 Å². The Bertz CT molecular complexity index is 930. The first-order chi connectivity index (χ1) is 12.5. The Morgan fingerprint density at radius 2 is 1.88 bits per heavy atom. The van der Waals surface area contributed by atoms with Crippen LogP contribution in [-0.2, 0) is 11.3 Å². The smallest absolute Gasteiger partial charge is 0.248 e. The monoisotopic (exact) mass is 387 g/mol. The van der Waals surface area contributed by atoms with Crippen LogP contribution in [0.1, 0.15) is 11.3 Å². The van der Waals surface area contributed by atoms with Gasteiger partial charge in [0.15, 0.2) is 0 Å². The second-order valence-electron chi connectivity index (χ2n) is 5.50. The van der Waals surface area contributed by atoms with Crippen molar-refractivity contribution in [1.29, 1.82) is 0 Å². The Kier molecular flexibility index (Phi) is 5.55. The van der Waals surface area contributed by atoms with E-state index in [0.717, 1.165) is 5.56 Å². The van der Waals surface area contributed by atoms with Crippen molar-refractivity contribution in [1.82, 2.24) is 15.0 Å². The van der Waals surface area contributed by atoms with Crippen molar-refractivity contribution in [2.24, 2.45) is 0 Å². The summed E-state index contributed by atoms with van der Waals surface area (Å²) in [5, 5.41) is 11.3. The van der Waals surface area contributed by atoms with Crippen molar-refractivity contribution >= 4 is 46.6 Å². The third kappa shape index (κ3) is 4.62. The molecule has 3 rings (SSSR count). The number of nitrogens with two attached hydrogens (primary N) is 1. The molecule has 0 unspecified atom stereocenters. The third-order valence-corrected chi connectivity index (χ3v) is 4.12. The van der Waals surface area contributed by atoms with Gasteiger partial charge in [0.25, 0.3) is 0 Å². The highest BCUT2D eigenvalue weighted by molar-refractivity contribution is 6.39. The summed E-state index contributed by atoms with van der Waals surface area (Å²) in [6, 6.07) is 13.0. The van der Waals surface area contributed by atoms with Crippen molar-refractivity contribution in [3.8, 4) is 0 Å². The zero-order chi connectivity index (χ0) is 18.5. The summed E-state index contributed by atoms with van der Waals surface area (Å²) in [7, 11) is 0. The number of carbonyl (C=O) groups is 1. The molecular weight excluding hydrogens is 373 g/mol. The molecule has 1 heterocycles. The molecule has 132 valence electrons. The number of hydrogen-bond acceptors (Lipinski definition) is 4. The van der Waals surface area contributed by atoms with Crippen molar-refractivity contribution in [2.75, 3.05) is 11.1 Å². The number of amides is 1. The minimum atomic E-state index is -0.348. The molecule has 0 aliphatic heterocycles. The first-order valence-corrected chi connectivity index (χ1v) is 8.44. The fourth-order valence-corrected chi connectivity index (χ4v) is 2.73. The van der Waals surface area contributed by atoms with Crippen LogP contribution in [0, 0.1) is 0 Å². The molecule has 2 aromatic carbocycles. The van der Waals surface area contributed by atoms with Gasteiger partial charge in [0.05, 0.1) is 28.5 Å². The minimum Gasteiger partial charge on any atom is -0.396 e. The lowest BCUT2D eigenvalue weighted by Gasteiger charge is -2.06. The van der Waals surface area contributed by atoms with Crippen molar-refractivity contribution in [2.45, 2.75) is 6.54 Å². The lowest BCUT2D eigenvalue weighted by Crippen LogP contribution is -2.08. The van der Waals surface area contributed by atoms with Crippen LogP contribution in [0.15, 0.2) is 54.7 Å². The van der Waals surface area contributed by atoms with Gasteiger partial charge in [-0.05, 0) is 23.8 Å². The first kappa shape index (κ1) is 18.0. The number of hydrogen-bond donors (Lipinski definition) is 2. The van der Waals surface area contributed by atoms with Crippen LogP contribution in [0.3, 0.4) is 0 Å². The highest BCUT2D eigenvalue weighted by atomic mass is 35.5. The van der Waals surface area contributed by atoms with Gasteiger partial charge in [-0.1, -0.05) is 58.7 Å². The fourth-order valence-electron chi connectivity index (χ4n) is 2.24. The summed E-state index contributed by atoms with van der Waals surface area (Å²) >= 11 is 11.9. The van der Waals surface area contributed by atoms with Crippen molar-refractivity contribution in [3.63, 3.8) is 0 Å². The van der Waals surface area contributed by atoms with Crippen LogP contribution >= 0.6 is 23.2 Å². The van der Waals surface area contributed by atoms with Gasteiger partial charge < -0.3 is 11.1 Å². The Hall–Kier alpha value is -2.83. The lowest BCUT2D eigenvalue weighted by molar-refractivity contribution is -0.111. The maximum atomic E-state index is 12.0. The number of nitrogen functional groups attached to an aromatic ring is 1. The Labute approximate surface area is 160 Å². The summed E-state index contributed by atoms with van der Waals surface area (Å²) in [6.45, 7) is 0.607. The number of carbonyl (C=O) groups excluding carboxylic acids is 1. The summed E-state index contributed by atoms with van der Waals surface area (Å²) in [6.07, 6.45) is 4.69. The molecule has 3 aromatic rings. The molecule has 0 saturated carbocycles. The summed E-state index contributed by atoms with van der Waals surface area (Å²) in [5.74, 6) is -0.348. The fraction of sp³-hybridized carbons (Fsp3) is 0.0556. The Morgan fingerprint density at radius 1 is 1.19 bits per heavy atom. The molecule has 26 heavy (non-hydrogen) atoms. The largest absolute Gasteiger partial charge is 0.396 e. The average molecular weight is 388 g/mol. The number of nitrogens with one attached hydrogen (secondary N) is 1. The molecule has 0 bridgehead atoms. The van der Waals surface area contributed by atoms with Gasteiger partial charge in [-0.15, -0.1) is 5.10 Å². The molecule has 0 fully saturated rings. The molecule has 0 aliphatic carbocycles. The summed E-state index contributed by atoms with van der Waals surface area (Å²) in [4.78, 5) is 12.0. The molecule has 0 saturated heterocycles. The second kappa shape index (κ2) is 8.03. The van der Waals surface area contributed by atoms with Crippen LogP contribution in [0.4, 0.5) is 11.4 Å². The molecule has 8 heteroatoms. The Morgan fingerprint density at radius 3 is 2.58 bits per heavy atom. The van der Waals surface area contributed by atoms with E-state index >= 15 is 0 Å². The molecule has 3 N–H and O–H groups in total. The summed E-state index contributed by atoms with van der Waals surface area (Å²) < 4.78 is 1.70. The minimum absolute atomic E-state index is 0.275. The summed E-state index contributed by atoms with van der Waals surface area (Å²) in [5.41, 5.74) is 8.08. The standard InChI is InChI=1S/C18H15Cl2N5O/c19-15-8-14(9-16(20)18(15)21)22-17(26)7-6-13-11-25(24-23-13)10-12-4-2-1-3-5-12/h1-9,11H,10,21H2,(H,22,26)/b7-6+. The number of benzene rings is 2. The molecule has 0 aliphatic rings. The highest BCUT2D eigenvalue weighted by Crippen LogP contribution is 2.31. The van der Waals surface area contributed by atoms with Gasteiger partial charge in [-0.3, -0.25) is 4.79 Å². The molecule has 0 spiro atoms. The zero-order valence-electron chi connectivity index (χ0n) is 13.6. The van der Waals surface area contributed by atoms with Crippen LogP contribution in [0.25, 0.3) is 6.08 Å². The van der Waals surface area contributed by atoms with E-state index in [1.807, 2.05) is 30.3 Å². The zero-order valence-corrected chi connectivity index (χ0v) is 15.1. The average Bonchev–Trinajstić information content (AvgIpc) is 3.06. The highest BCUT2D eigenvalue weighted by Gasteiger charge is 2.06. The quantitative estimate of drug-likeness (QED) is 0.513. The van der Waals surface area contributed by atoms with Crippen molar-refractivity contribution in [3.05, 3.63) is 76.0 Å². The van der Waals surface area contributed by atoms with Gasteiger partial charge in [0, 0.05) is 11.8 Å². The van der Waals surface area contributed by atoms with E-state index in [-0.39, 0.29) is 21.6 Å². The van der Waals surface area contributed by atoms with Crippen LogP contribution in [0.2, 0.25) is 10.0 Å². The van der Waals surface area contributed by atoms with E-state index in [9.17, 15) is 4.79 Å². The SMILES string of the molecule is Nc1c(Cl)cc(NC(=O)/C=C/c2cn(Cc3ccccc3)nn2)cc1Cl. The predicted octanol–water partition coefficient (Wildman–Crippen LogP) is 3.87. The maximum Gasteiger partial charge on any atom is 0.248 e. The second-order valence-corrected chi connectivity index (χ2v) is 6.32. The molecule has 0 radical (unpaired) electrons. The van der Waals surface area contributed by atoms with Crippen LogP contribution < -0.4 is 11.1 Å². The van der Waals surface area contributed by atoms with Crippen LogP contribution in [-0.4, -0.2) is 20.9 Å². The van der Waals surface area contributed by atoms with Gasteiger partial charge in [0.1, 0.15) is 5.69 Å². The molecule has 1 aromatic heterocycles. The topological polar surface area (TPSA) is 85.8 Å². The van der Waals surface area contributed by atoms with Gasteiger partial charge in [0.2, 0.25) is 5.91 Å². The van der Waals surface area contributed by atoms with Gasteiger partial charge >= 0.3 is 0 Å². The number of anilines is 2. The van der Waals surface area contributed by atoms with E-state index in [0.29, 0.717) is 17.9 Å². The van der Waals surface area contributed by atoms with Crippen molar-refractivity contribution < 1.29 is 4.79 Å². The van der Waals surface area contributed by atoms with E-state index in [4.69, 9.17) is 28.9 Å². The number of aromatic nitrogens is 3. The first-order valence-electron chi connectivity index (χ1n) is 7.69. The Balaban J connectivity index is 1.62. The lowest BCUT2D eigenvalue weighted by atomic mass is 10.2. The van der Waals surface area contributed by atoms with Gasteiger partial charge in [-0.25, -0.2) is 4.68 Å². The van der Waals surface area contributed by atoms with Crippen LogP contribution in [0.5, 0.6) is 0 Å². The molecule has 0 atom stereocenters. The maximum absolute atomic E-state index is 12.0. The van der Waals surface area contributed by atoms with E-state index < -0.39 is 0 Å². The predicted molar refractivity (Wildman–Crippen MR) is 104 cm³/mol. The number of nitrogens with zero attached hydrogens (tertiary/aromatic N) is 3. The molecular formula is C18H15Cl2N5O. The molecule has 6 nitrogen and oxygen atoms in total. The number of halogens is 2. The van der Waals surface area contributed by atoms with E-state index in [1.165, 1.54) is 18.2 Å². The number of rotatable bonds is 5. The van der Waals surface area contributed by atoms with E-state index in [1.54, 1.807) is 17.0 Å². The third-order valence-electron chi connectivity index (χ3n) is 3.50. The normalized spacial score (nSPS) is 11.0. The van der Waals surface area contributed by atoms with Gasteiger partial charge in [-0.2, -0.15) is 0 Å².